The van der Waals surface area contributed by atoms with Gasteiger partial charge in [0.25, 0.3) is 5.91 Å². The predicted molar refractivity (Wildman–Crippen MR) is 122 cm³/mol. The first kappa shape index (κ1) is 23.7. The zero-order chi connectivity index (χ0) is 20.9. The second-order valence-corrected chi connectivity index (χ2v) is 7.78. The molecule has 2 amide bonds. The first-order valence-corrected chi connectivity index (χ1v) is 10.1. The Hall–Kier alpha value is -2.57. The molecule has 0 bridgehead atoms. The van der Waals surface area contributed by atoms with Crippen molar-refractivity contribution < 1.29 is 14.3 Å². The third-order valence-corrected chi connectivity index (χ3v) is 5.41. The molecule has 1 saturated carbocycles. The lowest BCUT2D eigenvalue weighted by Gasteiger charge is -2.37. The van der Waals surface area contributed by atoms with Crippen LogP contribution in [0.2, 0.25) is 0 Å². The summed E-state index contributed by atoms with van der Waals surface area (Å²) >= 11 is 0. The molecule has 1 aliphatic rings. The summed E-state index contributed by atoms with van der Waals surface area (Å²) in [5, 5.41) is 5.79. The summed E-state index contributed by atoms with van der Waals surface area (Å²) in [4.78, 5) is 25.1. The minimum absolute atomic E-state index is 0. The number of halogens is 1. The van der Waals surface area contributed by atoms with Crippen LogP contribution >= 0.6 is 12.4 Å². The zero-order valence-electron chi connectivity index (χ0n) is 17.4. The smallest absolute Gasteiger partial charge is 0.255 e. The highest BCUT2D eigenvalue weighted by Crippen LogP contribution is 2.32. The molecule has 0 saturated heterocycles. The molecule has 162 valence electrons. The molecule has 2 unspecified atom stereocenters. The Morgan fingerprint density at radius 1 is 1.03 bits per heavy atom. The van der Waals surface area contributed by atoms with Gasteiger partial charge in [-0.3, -0.25) is 9.59 Å². The Balaban J connectivity index is 0.00000320. The van der Waals surface area contributed by atoms with E-state index < -0.39 is 5.54 Å². The van der Waals surface area contributed by atoms with Crippen LogP contribution in [0.15, 0.2) is 48.5 Å². The highest BCUT2D eigenvalue weighted by atomic mass is 35.5. The van der Waals surface area contributed by atoms with Crippen molar-refractivity contribution >= 4 is 35.6 Å². The van der Waals surface area contributed by atoms with Crippen LogP contribution in [0.3, 0.4) is 0 Å². The van der Waals surface area contributed by atoms with Gasteiger partial charge in [-0.05, 0) is 75.2 Å². The van der Waals surface area contributed by atoms with Crippen LogP contribution in [0.1, 0.15) is 49.9 Å². The summed E-state index contributed by atoms with van der Waals surface area (Å²) in [6.07, 6.45) is 3.75. The summed E-state index contributed by atoms with van der Waals surface area (Å²) in [5.74, 6) is 0.297. The molecule has 0 aliphatic heterocycles. The zero-order valence-corrected chi connectivity index (χ0v) is 18.3. The molecule has 0 aromatic heterocycles. The van der Waals surface area contributed by atoms with Gasteiger partial charge in [-0.2, -0.15) is 0 Å². The first-order valence-electron chi connectivity index (χ1n) is 10.1. The van der Waals surface area contributed by atoms with Gasteiger partial charge in [0.05, 0.1) is 12.5 Å². The number of hydrogen-bond donors (Lipinski definition) is 3. The maximum absolute atomic E-state index is 12.6. The highest BCUT2D eigenvalue weighted by molar-refractivity contribution is 6.04. The van der Waals surface area contributed by atoms with E-state index in [1.54, 1.807) is 36.4 Å². The summed E-state index contributed by atoms with van der Waals surface area (Å²) in [7, 11) is 0. The molecule has 0 heterocycles. The maximum atomic E-state index is 12.6. The third kappa shape index (κ3) is 5.97. The van der Waals surface area contributed by atoms with Crippen molar-refractivity contribution in [2.45, 2.75) is 45.1 Å². The molecule has 30 heavy (non-hydrogen) atoms. The van der Waals surface area contributed by atoms with Crippen molar-refractivity contribution in [3.05, 3.63) is 54.1 Å². The van der Waals surface area contributed by atoms with E-state index in [1.807, 2.05) is 26.0 Å². The number of anilines is 2. The second-order valence-electron chi connectivity index (χ2n) is 7.78. The third-order valence-electron chi connectivity index (χ3n) is 5.41. The molecule has 2 atom stereocenters. The van der Waals surface area contributed by atoms with Crippen molar-refractivity contribution in [2.75, 3.05) is 17.2 Å². The number of benzene rings is 2. The number of carbonyl (C=O) groups excluding carboxylic acids is 2. The van der Waals surface area contributed by atoms with Gasteiger partial charge in [-0.1, -0.05) is 12.8 Å². The minimum Gasteiger partial charge on any atom is -0.494 e. The number of carbonyl (C=O) groups is 2. The van der Waals surface area contributed by atoms with Crippen LogP contribution in [0.5, 0.6) is 5.75 Å². The van der Waals surface area contributed by atoms with E-state index in [1.165, 1.54) is 0 Å². The Morgan fingerprint density at radius 2 is 1.63 bits per heavy atom. The molecular formula is C23H30ClN3O3. The molecule has 2 aromatic carbocycles. The molecule has 0 spiro atoms. The fourth-order valence-electron chi connectivity index (χ4n) is 3.73. The number of ether oxygens (including phenoxy) is 1. The van der Waals surface area contributed by atoms with Gasteiger partial charge in [0, 0.05) is 22.5 Å². The fraction of sp³-hybridized carbons (Fsp3) is 0.391. The molecule has 7 heteroatoms. The van der Waals surface area contributed by atoms with Gasteiger partial charge in [-0.25, -0.2) is 0 Å². The van der Waals surface area contributed by atoms with Gasteiger partial charge in [0.1, 0.15) is 5.75 Å². The van der Waals surface area contributed by atoms with Gasteiger partial charge < -0.3 is 21.1 Å². The lowest BCUT2D eigenvalue weighted by Crippen LogP contribution is -2.51. The standard InChI is InChI=1S/C23H29N3O3.ClH/c1-3-29-19-13-11-18(12-14-19)25-21(27)16-7-9-17(10-8-16)26-22(28)20-6-4-5-15-23(20,2)24;/h7-14,20H,3-6,15,24H2,1-2H3,(H,25,27)(H,26,28);1H. The van der Waals surface area contributed by atoms with E-state index in [4.69, 9.17) is 10.5 Å². The second kappa shape index (κ2) is 10.5. The molecule has 6 nitrogen and oxygen atoms in total. The molecule has 0 radical (unpaired) electrons. The molecular weight excluding hydrogens is 402 g/mol. The average Bonchev–Trinajstić information content (AvgIpc) is 2.69. The topological polar surface area (TPSA) is 93.5 Å². The van der Waals surface area contributed by atoms with Crippen LogP contribution < -0.4 is 21.1 Å². The van der Waals surface area contributed by atoms with Crippen LogP contribution in [0.25, 0.3) is 0 Å². The predicted octanol–water partition coefficient (Wildman–Crippen LogP) is 4.61. The summed E-state index contributed by atoms with van der Waals surface area (Å²) < 4.78 is 5.40. The minimum atomic E-state index is -0.472. The first-order chi connectivity index (χ1) is 13.9. The highest BCUT2D eigenvalue weighted by Gasteiger charge is 2.37. The summed E-state index contributed by atoms with van der Waals surface area (Å²) in [5.41, 5.74) is 7.71. The van der Waals surface area contributed by atoms with Gasteiger partial charge in [-0.15, -0.1) is 12.4 Å². The number of nitrogens with two attached hydrogens (primary N) is 1. The van der Waals surface area contributed by atoms with Crippen LogP contribution in [-0.4, -0.2) is 24.0 Å². The summed E-state index contributed by atoms with van der Waals surface area (Å²) in [6.45, 7) is 4.47. The number of amides is 2. The van der Waals surface area contributed by atoms with E-state index in [0.29, 0.717) is 23.5 Å². The van der Waals surface area contributed by atoms with Gasteiger partial charge in [0.2, 0.25) is 5.91 Å². The average molecular weight is 432 g/mol. The van der Waals surface area contributed by atoms with Crippen LogP contribution in [0.4, 0.5) is 11.4 Å². The lowest BCUT2D eigenvalue weighted by molar-refractivity contribution is -0.122. The molecule has 2 aromatic rings. The van der Waals surface area contributed by atoms with Crippen molar-refractivity contribution in [1.29, 1.82) is 0 Å². The number of rotatable bonds is 6. The number of nitrogens with one attached hydrogen (secondary N) is 2. The maximum Gasteiger partial charge on any atom is 0.255 e. The Bertz CT molecular complexity index is 851. The molecule has 1 fully saturated rings. The van der Waals surface area contributed by atoms with Crippen LogP contribution in [-0.2, 0) is 4.79 Å². The largest absolute Gasteiger partial charge is 0.494 e. The Morgan fingerprint density at radius 3 is 2.23 bits per heavy atom. The summed E-state index contributed by atoms with van der Waals surface area (Å²) in [6, 6.07) is 14.1. The van der Waals surface area contributed by atoms with E-state index in [2.05, 4.69) is 10.6 Å². The van der Waals surface area contributed by atoms with E-state index in [9.17, 15) is 9.59 Å². The van der Waals surface area contributed by atoms with Gasteiger partial charge >= 0.3 is 0 Å². The molecule has 3 rings (SSSR count). The van der Waals surface area contributed by atoms with Crippen LogP contribution in [0, 0.1) is 5.92 Å². The van der Waals surface area contributed by atoms with Gasteiger partial charge in [0.15, 0.2) is 0 Å². The quantitative estimate of drug-likeness (QED) is 0.622. The van der Waals surface area contributed by atoms with E-state index in [0.717, 1.165) is 31.4 Å². The Labute approximate surface area is 184 Å². The van der Waals surface area contributed by atoms with Crippen molar-refractivity contribution in [1.82, 2.24) is 0 Å². The number of hydrogen-bond acceptors (Lipinski definition) is 4. The fourth-order valence-corrected chi connectivity index (χ4v) is 3.73. The molecule has 1 aliphatic carbocycles. The van der Waals surface area contributed by atoms with E-state index in [-0.39, 0.29) is 30.1 Å². The van der Waals surface area contributed by atoms with Crippen molar-refractivity contribution in [3.8, 4) is 5.75 Å². The monoisotopic (exact) mass is 431 g/mol. The lowest BCUT2D eigenvalue weighted by atomic mass is 9.74. The SMILES string of the molecule is CCOc1ccc(NC(=O)c2ccc(NC(=O)C3CCCCC3(C)N)cc2)cc1.Cl. The molecule has 4 N–H and O–H groups in total. The van der Waals surface area contributed by atoms with Crippen molar-refractivity contribution in [3.63, 3.8) is 0 Å². The Kier molecular flexibility index (Phi) is 8.26. The van der Waals surface area contributed by atoms with Crippen molar-refractivity contribution in [2.24, 2.45) is 11.7 Å². The van der Waals surface area contributed by atoms with E-state index >= 15 is 0 Å². The normalized spacial score (nSPS) is 20.6.